The molecule has 2 nitrogen and oxygen atoms in total. The van der Waals surface area contributed by atoms with E-state index >= 15 is 0 Å². The molecule has 1 aliphatic carbocycles. The molecule has 21 heavy (non-hydrogen) atoms. The highest BCUT2D eigenvalue weighted by molar-refractivity contribution is 7.14. The molecule has 1 aliphatic rings. The van der Waals surface area contributed by atoms with Gasteiger partial charge in [0, 0.05) is 11.0 Å². The summed E-state index contributed by atoms with van der Waals surface area (Å²) in [6.45, 7) is 3.74. The molecule has 0 aliphatic heterocycles. The fraction of sp³-hybridized carbons (Fsp3) is 0.267. The lowest BCUT2D eigenvalue weighted by molar-refractivity contribution is -0.134. The first kappa shape index (κ1) is 15.6. The number of thiophene rings is 1. The molecule has 0 spiro atoms. The van der Waals surface area contributed by atoms with Crippen molar-refractivity contribution in [3.8, 4) is 0 Å². The molecule has 0 fully saturated rings. The normalized spacial score (nSPS) is 17.5. The van der Waals surface area contributed by atoms with Gasteiger partial charge >= 0.3 is 12.1 Å². The van der Waals surface area contributed by atoms with Crippen LogP contribution in [0.4, 0.5) is 13.2 Å². The molecular weight excluding hydrogens is 301 g/mol. The molecule has 2 rings (SSSR count). The van der Waals surface area contributed by atoms with Crippen LogP contribution in [-0.4, -0.2) is 11.1 Å². The predicted octanol–water partition coefficient (Wildman–Crippen LogP) is 5.00. The minimum absolute atomic E-state index is 0.0853. The zero-order valence-electron chi connectivity index (χ0n) is 11.4. The van der Waals surface area contributed by atoms with Crippen molar-refractivity contribution in [1.29, 1.82) is 0 Å². The monoisotopic (exact) mass is 314 g/mol. The van der Waals surface area contributed by atoms with Crippen molar-refractivity contribution in [3.05, 3.63) is 51.8 Å². The molecule has 0 unspecified atom stereocenters. The van der Waals surface area contributed by atoms with Crippen LogP contribution in [0.15, 0.2) is 36.4 Å². The van der Waals surface area contributed by atoms with Crippen LogP contribution < -0.4 is 0 Å². The summed E-state index contributed by atoms with van der Waals surface area (Å²) in [5, 5.41) is 8.94. The Bertz CT molecular complexity index is 661. The number of hydrogen-bond acceptors (Lipinski definition) is 2. The summed E-state index contributed by atoms with van der Waals surface area (Å²) in [5.41, 5.74) is -0.119. The van der Waals surface area contributed by atoms with Gasteiger partial charge in [0.05, 0.1) is 0 Å². The summed E-state index contributed by atoms with van der Waals surface area (Å²) in [6, 6.07) is 1.09. The van der Waals surface area contributed by atoms with Gasteiger partial charge in [0.1, 0.15) is 9.75 Å². The Hall–Kier alpha value is -1.82. The van der Waals surface area contributed by atoms with Crippen LogP contribution in [-0.2, 0) is 6.18 Å². The highest BCUT2D eigenvalue weighted by Gasteiger charge is 2.37. The number of halogens is 3. The SMILES string of the molecule is CC1(C)C=CC=CC(c2cc(C(=O)O)sc2C(F)(F)F)=C1. The molecule has 1 N–H and O–H groups in total. The molecule has 6 heteroatoms. The molecule has 1 aromatic rings. The maximum absolute atomic E-state index is 13.1. The van der Waals surface area contributed by atoms with E-state index in [-0.39, 0.29) is 21.8 Å². The average Bonchev–Trinajstić information content (AvgIpc) is 2.70. The average molecular weight is 314 g/mol. The van der Waals surface area contributed by atoms with Crippen molar-refractivity contribution in [2.24, 2.45) is 5.41 Å². The second kappa shape index (κ2) is 5.18. The first-order valence-electron chi connectivity index (χ1n) is 6.13. The van der Waals surface area contributed by atoms with E-state index in [1.165, 1.54) is 0 Å². The van der Waals surface area contributed by atoms with Gasteiger partial charge in [-0.05, 0) is 11.6 Å². The number of carboxylic acids is 1. The summed E-state index contributed by atoms with van der Waals surface area (Å²) in [6.07, 6.45) is 3.98. The molecule has 0 amide bonds. The van der Waals surface area contributed by atoms with E-state index in [1.54, 1.807) is 24.3 Å². The number of allylic oxidation sites excluding steroid dienone is 6. The van der Waals surface area contributed by atoms with Gasteiger partial charge in [-0.2, -0.15) is 13.2 Å². The fourth-order valence-electron chi connectivity index (χ4n) is 2.05. The lowest BCUT2D eigenvalue weighted by atomic mass is 9.89. The van der Waals surface area contributed by atoms with E-state index in [0.29, 0.717) is 5.57 Å². The highest BCUT2D eigenvalue weighted by Crippen LogP contribution is 2.42. The Morgan fingerprint density at radius 3 is 2.52 bits per heavy atom. The van der Waals surface area contributed by atoms with Gasteiger partial charge in [-0.25, -0.2) is 4.79 Å². The highest BCUT2D eigenvalue weighted by atomic mass is 32.1. The third kappa shape index (κ3) is 3.44. The van der Waals surface area contributed by atoms with Crippen LogP contribution in [0.3, 0.4) is 0 Å². The van der Waals surface area contributed by atoms with Crippen molar-refractivity contribution in [2.75, 3.05) is 0 Å². The van der Waals surface area contributed by atoms with E-state index in [1.807, 2.05) is 19.9 Å². The molecule has 0 aromatic carbocycles. The largest absolute Gasteiger partial charge is 0.477 e. The second-order valence-electron chi connectivity index (χ2n) is 5.30. The van der Waals surface area contributed by atoms with Crippen LogP contribution in [0.25, 0.3) is 5.57 Å². The molecule has 0 saturated carbocycles. The summed E-state index contributed by atoms with van der Waals surface area (Å²) in [7, 11) is 0. The minimum Gasteiger partial charge on any atom is -0.477 e. The van der Waals surface area contributed by atoms with E-state index < -0.39 is 22.4 Å². The Kier molecular flexibility index (Phi) is 3.84. The van der Waals surface area contributed by atoms with Crippen molar-refractivity contribution >= 4 is 22.9 Å². The smallest absolute Gasteiger partial charge is 0.426 e. The lowest BCUT2D eigenvalue weighted by Gasteiger charge is -2.16. The van der Waals surface area contributed by atoms with E-state index in [4.69, 9.17) is 5.11 Å². The molecule has 1 aromatic heterocycles. The van der Waals surface area contributed by atoms with Crippen LogP contribution >= 0.6 is 11.3 Å². The number of rotatable bonds is 2. The molecular formula is C15H13F3O2S. The van der Waals surface area contributed by atoms with Gasteiger partial charge in [0.15, 0.2) is 0 Å². The first-order valence-corrected chi connectivity index (χ1v) is 6.95. The number of alkyl halides is 3. The van der Waals surface area contributed by atoms with Gasteiger partial charge in [0.25, 0.3) is 0 Å². The summed E-state index contributed by atoms with van der Waals surface area (Å²) >= 11 is 0.255. The van der Waals surface area contributed by atoms with Crippen LogP contribution in [0, 0.1) is 5.41 Å². The zero-order chi connectivity index (χ0) is 15.8. The third-order valence-electron chi connectivity index (χ3n) is 2.95. The van der Waals surface area contributed by atoms with Crippen molar-refractivity contribution in [3.63, 3.8) is 0 Å². The van der Waals surface area contributed by atoms with Gasteiger partial charge in [-0.15, -0.1) is 11.3 Å². The summed E-state index contributed by atoms with van der Waals surface area (Å²) < 4.78 is 39.4. The molecule has 0 atom stereocenters. The van der Waals surface area contributed by atoms with Crippen LogP contribution in [0.1, 0.15) is 34.0 Å². The molecule has 112 valence electrons. The second-order valence-corrected chi connectivity index (χ2v) is 6.35. The Morgan fingerprint density at radius 1 is 1.29 bits per heavy atom. The number of carboxylic acid groups (broad SMARTS) is 1. The number of hydrogen-bond donors (Lipinski definition) is 1. The topological polar surface area (TPSA) is 37.3 Å². The van der Waals surface area contributed by atoms with E-state index in [2.05, 4.69) is 0 Å². The van der Waals surface area contributed by atoms with E-state index in [9.17, 15) is 18.0 Å². The minimum atomic E-state index is -4.58. The summed E-state index contributed by atoms with van der Waals surface area (Å²) in [4.78, 5) is 9.77. The van der Waals surface area contributed by atoms with Gasteiger partial charge in [-0.3, -0.25) is 0 Å². The van der Waals surface area contributed by atoms with Crippen molar-refractivity contribution < 1.29 is 23.1 Å². The molecule has 0 radical (unpaired) electrons. The maximum atomic E-state index is 13.1. The summed E-state index contributed by atoms with van der Waals surface area (Å²) in [5.74, 6) is -1.35. The standard InChI is InChI=1S/C15H13F3O2S/c1-14(2)6-4-3-5-9(8-14)10-7-11(13(19)20)21-12(10)15(16,17)18/h3-8H,1-2H3,(H,19,20). The Morgan fingerprint density at radius 2 is 1.95 bits per heavy atom. The molecule has 0 bridgehead atoms. The maximum Gasteiger partial charge on any atom is 0.426 e. The van der Waals surface area contributed by atoms with Crippen molar-refractivity contribution in [2.45, 2.75) is 20.0 Å². The third-order valence-corrected chi connectivity index (χ3v) is 4.12. The van der Waals surface area contributed by atoms with Gasteiger partial charge in [0.2, 0.25) is 0 Å². The van der Waals surface area contributed by atoms with Crippen LogP contribution in [0.5, 0.6) is 0 Å². The predicted molar refractivity (Wildman–Crippen MR) is 76.3 cm³/mol. The number of aromatic carboxylic acids is 1. The van der Waals surface area contributed by atoms with Gasteiger partial charge in [-0.1, -0.05) is 44.2 Å². The zero-order valence-corrected chi connectivity index (χ0v) is 12.2. The Labute approximate surface area is 123 Å². The first-order chi connectivity index (χ1) is 9.60. The quantitative estimate of drug-likeness (QED) is 0.834. The number of carbonyl (C=O) groups is 1. The van der Waals surface area contributed by atoms with Crippen molar-refractivity contribution in [1.82, 2.24) is 0 Å². The van der Waals surface area contributed by atoms with Crippen LogP contribution in [0.2, 0.25) is 0 Å². The molecule has 1 heterocycles. The van der Waals surface area contributed by atoms with E-state index in [0.717, 1.165) is 6.07 Å². The lowest BCUT2D eigenvalue weighted by Crippen LogP contribution is -2.06. The Balaban J connectivity index is 2.63. The van der Waals surface area contributed by atoms with Gasteiger partial charge < -0.3 is 5.11 Å². The molecule has 0 saturated heterocycles. The fourth-order valence-corrected chi connectivity index (χ4v) is 2.94.